The van der Waals surface area contributed by atoms with E-state index in [2.05, 4.69) is 66.5 Å². The zero-order valence-corrected chi connectivity index (χ0v) is 12.3. The third kappa shape index (κ3) is 3.13. The van der Waals surface area contributed by atoms with Gasteiger partial charge < -0.3 is 5.32 Å². The van der Waals surface area contributed by atoms with Gasteiger partial charge in [0.2, 0.25) is 0 Å². The smallest absolute Gasteiger partial charge is 0.0256 e. The van der Waals surface area contributed by atoms with Crippen molar-refractivity contribution < 1.29 is 0 Å². The number of hydrogen-bond donors (Lipinski definition) is 1. The van der Waals surface area contributed by atoms with E-state index in [4.69, 9.17) is 0 Å². The zero-order chi connectivity index (χ0) is 13.1. The Hall–Kier alpha value is -0.990. The molecule has 19 heavy (non-hydrogen) atoms. The fourth-order valence-corrected chi connectivity index (χ4v) is 4.07. The summed E-state index contributed by atoms with van der Waals surface area (Å²) in [5.41, 5.74) is 1.38. The van der Waals surface area contributed by atoms with Crippen LogP contribution in [0.1, 0.15) is 25.3 Å². The van der Waals surface area contributed by atoms with E-state index < -0.39 is 0 Å². The zero-order valence-electron chi connectivity index (χ0n) is 11.5. The molecule has 1 aliphatic heterocycles. The van der Waals surface area contributed by atoms with Crippen molar-refractivity contribution in [2.75, 3.05) is 12.3 Å². The van der Waals surface area contributed by atoms with Gasteiger partial charge in [0.15, 0.2) is 0 Å². The van der Waals surface area contributed by atoms with E-state index in [0.29, 0.717) is 4.75 Å². The van der Waals surface area contributed by atoms with Crippen LogP contribution in [0.2, 0.25) is 0 Å². The lowest BCUT2D eigenvalue weighted by molar-refractivity contribution is 0.537. The van der Waals surface area contributed by atoms with Crippen LogP contribution in [0.5, 0.6) is 0 Å². The number of nitrogens with one attached hydrogen (secondary N) is 1. The van der Waals surface area contributed by atoms with Crippen LogP contribution in [0.25, 0.3) is 10.8 Å². The lowest BCUT2D eigenvalue weighted by atomic mass is 10.0. The van der Waals surface area contributed by atoms with E-state index in [1.807, 2.05) is 0 Å². The summed E-state index contributed by atoms with van der Waals surface area (Å²) < 4.78 is 0.455. The van der Waals surface area contributed by atoms with Crippen LogP contribution >= 0.6 is 11.8 Å². The third-order valence-corrected chi connectivity index (χ3v) is 5.48. The number of rotatable bonds is 4. The third-order valence-electron chi connectivity index (χ3n) is 3.94. The molecule has 0 aliphatic carbocycles. The molecule has 1 saturated heterocycles. The number of hydrogen-bond acceptors (Lipinski definition) is 2. The molecule has 1 nitrogen and oxygen atoms in total. The number of fused-ring (bicyclic) bond motifs is 1. The average molecular weight is 271 g/mol. The standard InChI is InChI=1S/C17H21NS/c1-17(9-4-10-19-17)13-18-12-14-7-8-15-5-2-3-6-16(15)11-14/h2-3,5-8,11,18H,4,9-10,12-13H2,1H3. The lowest BCUT2D eigenvalue weighted by Gasteiger charge is -2.23. The quantitative estimate of drug-likeness (QED) is 0.893. The predicted octanol–water partition coefficient (Wildman–Crippen LogP) is 4.22. The van der Waals surface area contributed by atoms with Gasteiger partial charge >= 0.3 is 0 Å². The number of thioether (sulfide) groups is 1. The van der Waals surface area contributed by atoms with E-state index >= 15 is 0 Å². The van der Waals surface area contributed by atoms with Crippen molar-refractivity contribution in [2.45, 2.75) is 31.1 Å². The Morgan fingerprint density at radius 1 is 1.16 bits per heavy atom. The summed E-state index contributed by atoms with van der Waals surface area (Å²) in [6, 6.07) is 15.3. The molecule has 100 valence electrons. The van der Waals surface area contributed by atoms with Gasteiger partial charge in [-0.3, -0.25) is 0 Å². The van der Waals surface area contributed by atoms with Crippen LogP contribution in [0, 0.1) is 0 Å². The van der Waals surface area contributed by atoms with Crippen LogP contribution in [0.4, 0.5) is 0 Å². The molecule has 1 aliphatic rings. The largest absolute Gasteiger partial charge is 0.311 e. The fraction of sp³-hybridized carbons (Fsp3) is 0.412. The minimum atomic E-state index is 0.455. The highest BCUT2D eigenvalue weighted by Gasteiger charge is 2.28. The summed E-state index contributed by atoms with van der Waals surface area (Å²) in [7, 11) is 0. The first-order chi connectivity index (χ1) is 9.25. The van der Waals surface area contributed by atoms with Gasteiger partial charge in [-0.25, -0.2) is 0 Å². The maximum Gasteiger partial charge on any atom is 0.0256 e. The summed E-state index contributed by atoms with van der Waals surface area (Å²) in [6.07, 6.45) is 2.72. The Bertz CT molecular complexity index is 558. The van der Waals surface area contributed by atoms with Crippen LogP contribution < -0.4 is 5.32 Å². The molecule has 2 heteroatoms. The van der Waals surface area contributed by atoms with Crippen molar-refractivity contribution >= 4 is 22.5 Å². The van der Waals surface area contributed by atoms with Gasteiger partial charge in [-0.15, -0.1) is 0 Å². The predicted molar refractivity (Wildman–Crippen MR) is 85.8 cm³/mol. The first-order valence-electron chi connectivity index (χ1n) is 7.08. The summed E-state index contributed by atoms with van der Waals surface area (Å²) in [5.74, 6) is 1.33. The Kier molecular flexibility index (Phi) is 3.81. The topological polar surface area (TPSA) is 12.0 Å². The molecule has 2 aromatic carbocycles. The van der Waals surface area contributed by atoms with Crippen molar-refractivity contribution in [3.05, 3.63) is 48.0 Å². The maximum absolute atomic E-state index is 3.63. The lowest BCUT2D eigenvalue weighted by Crippen LogP contribution is -2.32. The molecule has 0 amide bonds. The van der Waals surface area contributed by atoms with Crippen molar-refractivity contribution in [2.24, 2.45) is 0 Å². The molecule has 3 rings (SSSR count). The van der Waals surface area contributed by atoms with Gasteiger partial charge in [-0.1, -0.05) is 36.4 Å². The molecule has 2 aromatic rings. The SMILES string of the molecule is CC1(CNCc2ccc3ccccc3c2)CCCS1. The van der Waals surface area contributed by atoms with Gasteiger partial charge in [-0.05, 0) is 47.9 Å². The molecular formula is C17H21NS. The van der Waals surface area contributed by atoms with Gasteiger partial charge in [-0.2, -0.15) is 11.8 Å². The molecule has 1 unspecified atom stereocenters. The number of benzene rings is 2. The van der Waals surface area contributed by atoms with Gasteiger partial charge in [0, 0.05) is 17.8 Å². The van der Waals surface area contributed by atoms with E-state index in [0.717, 1.165) is 13.1 Å². The van der Waals surface area contributed by atoms with Crippen LogP contribution in [0.15, 0.2) is 42.5 Å². The van der Waals surface area contributed by atoms with Crippen molar-refractivity contribution in [3.63, 3.8) is 0 Å². The highest BCUT2D eigenvalue weighted by Crippen LogP contribution is 2.36. The molecule has 1 atom stereocenters. The molecule has 0 saturated carbocycles. The summed E-state index contributed by atoms with van der Waals surface area (Å²) in [6.45, 7) is 4.48. The van der Waals surface area contributed by atoms with Crippen molar-refractivity contribution in [1.82, 2.24) is 5.32 Å². The Labute approximate surface area is 119 Å². The minimum Gasteiger partial charge on any atom is -0.311 e. The molecular weight excluding hydrogens is 250 g/mol. The van der Waals surface area contributed by atoms with Crippen LogP contribution in [-0.2, 0) is 6.54 Å². The minimum absolute atomic E-state index is 0.455. The second-order valence-corrected chi connectivity index (χ2v) is 7.37. The monoisotopic (exact) mass is 271 g/mol. The second-order valence-electron chi connectivity index (χ2n) is 5.69. The van der Waals surface area contributed by atoms with Crippen molar-refractivity contribution in [1.29, 1.82) is 0 Å². The molecule has 1 heterocycles. The van der Waals surface area contributed by atoms with E-state index in [1.54, 1.807) is 0 Å². The van der Waals surface area contributed by atoms with E-state index in [-0.39, 0.29) is 0 Å². The molecule has 1 fully saturated rings. The Morgan fingerprint density at radius 2 is 2.00 bits per heavy atom. The first kappa shape index (κ1) is 13.0. The second kappa shape index (κ2) is 5.56. The molecule has 0 spiro atoms. The van der Waals surface area contributed by atoms with E-state index in [1.165, 1.54) is 34.9 Å². The summed E-state index contributed by atoms with van der Waals surface area (Å²) >= 11 is 2.12. The molecule has 0 bridgehead atoms. The summed E-state index contributed by atoms with van der Waals surface area (Å²) in [4.78, 5) is 0. The van der Waals surface area contributed by atoms with Gasteiger partial charge in [0.25, 0.3) is 0 Å². The molecule has 0 aromatic heterocycles. The molecule has 1 N–H and O–H groups in total. The summed E-state index contributed by atoms with van der Waals surface area (Å²) in [5, 5.41) is 6.29. The average Bonchev–Trinajstić information content (AvgIpc) is 2.86. The highest BCUT2D eigenvalue weighted by molar-refractivity contribution is 8.00. The van der Waals surface area contributed by atoms with Gasteiger partial charge in [0.05, 0.1) is 0 Å². The fourth-order valence-electron chi connectivity index (χ4n) is 2.80. The van der Waals surface area contributed by atoms with Crippen LogP contribution in [-0.4, -0.2) is 17.0 Å². The van der Waals surface area contributed by atoms with Gasteiger partial charge in [0.1, 0.15) is 0 Å². The van der Waals surface area contributed by atoms with Crippen molar-refractivity contribution in [3.8, 4) is 0 Å². The highest BCUT2D eigenvalue weighted by atomic mass is 32.2. The van der Waals surface area contributed by atoms with E-state index in [9.17, 15) is 0 Å². The Balaban J connectivity index is 1.62. The Morgan fingerprint density at radius 3 is 2.79 bits per heavy atom. The normalized spacial score (nSPS) is 23.0. The van der Waals surface area contributed by atoms with Crippen LogP contribution in [0.3, 0.4) is 0 Å². The maximum atomic E-state index is 3.63. The molecule has 0 radical (unpaired) electrons. The first-order valence-corrected chi connectivity index (χ1v) is 8.06.